The molecule has 0 aliphatic carbocycles. The zero-order valence-corrected chi connectivity index (χ0v) is 16.5. The minimum Gasteiger partial charge on any atom is -0.381 e. The Balaban J connectivity index is 1.82. The summed E-state index contributed by atoms with van der Waals surface area (Å²) < 4.78 is 11.2. The summed E-state index contributed by atoms with van der Waals surface area (Å²) in [5.41, 5.74) is 0.928. The van der Waals surface area contributed by atoms with Gasteiger partial charge in [0, 0.05) is 32.8 Å². The Kier molecular flexibility index (Phi) is 6.50. The normalized spacial score (nSPS) is 24.3. The molecule has 2 atom stereocenters. The zero-order chi connectivity index (χ0) is 19.4. The molecule has 0 aromatic heterocycles. The molecule has 6 heteroatoms. The molecule has 0 bridgehead atoms. The molecule has 1 aromatic rings. The van der Waals surface area contributed by atoms with E-state index in [2.05, 4.69) is 0 Å². The van der Waals surface area contributed by atoms with Crippen molar-refractivity contribution in [2.24, 2.45) is 5.92 Å². The fourth-order valence-corrected chi connectivity index (χ4v) is 4.05. The minimum atomic E-state index is -0.683. The number of morpholine rings is 1. The molecule has 148 valence electrons. The molecule has 2 heterocycles. The summed E-state index contributed by atoms with van der Waals surface area (Å²) in [6.45, 7) is 6.12. The Bertz CT molecular complexity index is 643. The highest BCUT2D eigenvalue weighted by Gasteiger charge is 2.43. The van der Waals surface area contributed by atoms with Crippen molar-refractivity contribution in [2.75, 3.05) is 33.4 Å². The standard InChI is InChI=1S/C21H30N2O4/c1-15(2)23-18(24)14-27-20(19(23)17-7-5-4-6-8-17)21(25)22(3)13-16-9-11-26-12-10-16/h4-8,15-16,19-20H,9-14H2,1-3H3/t19-,20+/m1/s1. The van der Waals surface area contributed by atoms with Crippen molar-refractivity contribution < 1.29 is 19.1 Å². The fraction of sp³-hybridized carbons (Fsp3) is 0.619. The Morgan fingerprint density at radius 3 is 2.52 bits per heavy atom. The molecule has 0 saturated carbocycles. The lowest BCUT2D eigenvalue weighted by atomic mass is 9.94. The number of hydrogen-bond acceptors (Lipinski definition) is 4. The number of benzene rings is 1. The molecule has 2 aliphatic rings. The number of carbonyl (C=O) groups excluding carboxylic acids is 2. The van der Waals surface area contributed by atoms with E-state index in [0.717, 1.165) is 31.6 Å². The van der Waals surface area contributed by atoms with Crippen molar-refractivity contribution in [2.45, 2.75) is 44.9 Å². The highest BCUT2D eigenvalue weighted by Crippen LogP contribution is 2.33. The van der Waals surface area contributed by atoms with Crippen LogP contribution < -0.4 is 0 Å². The fourth-order valence-electron chi connectivity index (χ4n) is 4.05. The van der Waals surface area contributed by atoms with E-state index in [9.17, 15) is 9.59 Å². The van der Waals surface area contributed by atoms with Crippen LogP contribution >= 0.6 is 0 Å². The molecule has 27 heavy (non-hydrogen) atoms. The van der Waals surface area contributed by atoms with Gasteiger partial charge in [0.2, 0.25) is 5.91 Å². The number of nitrogens with zero attached hydrogens (tertiary/aromatic N) is 2. The van der Waals surface area contributed by atoms with E-state index in [4.69, 9.17) is 9.47 Å². The molecule has 6 nitrogen and oxygen atoms in total. The molecule has 2 fully saturated rings. The number of rotatable bonds is 5. The summed E-state index contributed by atoms with van der Waals surface area (Å²) >= 11 is 0. The Morgan fingerprint density at radius 2 is 1.89 bits per heavy atom. The summed E-state index contributed by atoms with van der Waals surface area (Å²) in [5, 5.41) is 0. The molecule has 0 unspecified atom stereocenters. The minimum absolute atomic E-state index is 0.0114. The van der Waals surface area contributed by atoms with E-state index in [1.165, 1.54) is 0 Å². The van der Waals surface area contributed by atoms with Crippen LogP contribution in [-0.2, 0) is 19.1 Å². The van der Waals surface area contributed by atoms with E-state index in [0.29, 0.717) is 12.5 Å². The van der Waals surface area contributed by atoms with Gasteiger partial charge in [0.05, 0.1) is 6.04 Å². The van der Waals surface area contributed by atoms with Crippen LogP contribution in [0.2, 0.25) is 0 Å². The van der Waals surface area contributed by atoms with Crippen LogP contribution in [0.3, 0.4) is 0 Å². The highest BCUT2D eigenvalue weighted by molar-refractivity contribution is 5.86. The van der Waals surface area contributed by atoms with Crippen LogP contribution in [0.1, 0.15) is 38.3 Å². The lowest BCUT2D eigenvalue weighted by Gasteiger charge is -2.44. The van der Waals surface area contributed by atoms with Gasteiger partial charge in [-0.15, -0.1) is 0 Å². The first-order chi connectivity index (χ1) is 13.0. The summed E-state index contributed by atoms with van der Waals surface area (Å²) in [4.78, 5) is 29.4. The van der Waals surface area contributed by atoms with E-state index in [1.54, 1.807) is 9.80 Å². The first-order valence-electron chi connectivity index (χ1n) is 9.79. The highest BCUT2D eigenvalue weighted by atomic mass is 16.5. The van der Waals surface area contributed by atoms with Gasteiger partial charge >= 0.3 is 0 Å². The molecule has 2 amide bonds. The molecule has 1 aromatic carbocycles. The SMILES string of the molecule is CC(C)N1C(=O)CO[C@H](C(=O)N(C)CC2CCOCC2)[C@H]1c1ccccc1. The quantitative estimate of drug-likeness (QED) is 0.793. The lowest BCUT2D eigenvalue weighted by molar-refractivity contribution is -0.171. The number of likely N-dealkylation sites (N-methyl/N-ethyl adjacent to an activating group) is 1. The van der Waals surface area contributed by atoms with Crippen LogP contribution in [-0.4, -0.2) is 67.2 Å². The third kappa shape index (κ3) is 4.50. The van der Waals surface area contributed by atoms with Crippen LogP contribution in [0.5, 0.6) is 0 Å². The van der Waals surface area contributed by atoms with Gasteiger partial charge < -0.3 is 19.3 Å². The second-order valence-corrected chi connectivity index (χ2v) is 7.76. The van der Waals surface area contributed by atoms with Crippen LogP contribution in [0.25, 0.3) is 0 Å². The third-order valence-corrected chi connectivity index (χ3v) is 5.45. The predicted molar refractivity (Wildman–Crippen MR) is 102 cm³/mol. The average molecular weight is 374 g/mol. The van der Waals surface area contributed by atoms with Gasteiger partial charge in [-0.2, -0.15) is 0 Å². The van der Waals surface area contributed by atoms with E-state index in [-0.39, 0.29) is 24.5 Å². The second kappa shape index (κ2) is 8.85. The molecular weight excluding hydrogens is 344 g/mol. The van der Waals surface area contributed by atoms with Gasteiger partial charge in [0.15, 0.2) is 6.10 Å². The number of amides is 2. The van der Waals surface area contributed by atoms with E-state index < -0.39 is 12.1 Å². The van der Waals surface area contributed by atoms with Gasteiger partial charge in [0.25, 0.3) is 5.91 Å². The first kappa shape index (κ1) is 19.8. The zero-order valence-electron chi connectivity index (χ0n) is 16.5. The van der Waals surface area contributed by atoms with Crippen molar-refractivity contribution in [1.29, 1.82) is 0 Å². The van der Waals surface area contributed by atoms with Crippen molar-refractivity contribution in [3.63, 3.8) is 0 Å². The van der Waals surface area contributed by atoms with Crippen molar-refractivity contribution in [1.82, 2.24) is 9.80 Å². The predicted octanol–water partition coefficient (Wildman–Crippen LogP) is 2.25. The summed E-state index contributed by atoms with van der Waals surface area (Å²) in [6, 6.07) is 9.30. The van der Waals surface area contributed by atoms with Gasteiger partial charge in [-0.3, -0.25) is 9.59 Å². The van der Waals surface area contributed by atoms with Crippen LogP contribution in [0.15, 0.2) is 30.3 Å². The maximum absolute atomic E-state index is 13.3. The Labute approximate surface area is 161 Å². The largest absolute Gasteiger partial charge is 0.381 e. The monoisotopic (exact) mass is 374 g/mol. The third-order valence-electron chi connectivity index (χ3n) is 5.45. The molecule has 2 saturated heterocycles. The Morgan fingerprint density at radius 1 is 1.22 bits per heavy atom. The summed E-state index contributed by atoms with van der Waals surface area (Å²) in [6.07, 6.45) is 1.27. The number of ether oxygens (including phenoxy) is 2. The van der Waals surface area contributed by atoms with Crippen molar-refractivity contribution in [3.8, 4) is 0 Å². The number of hydrogen-bond donors (Lipinski definition) is 0. The molecule has 0 spiro atoms. The molecule has 2 aliphatic heterocycles. The maximum Gasteiger partial charge on any atom is 0.253 e. The van der Waals surface area contributed by atoms with Crippen LogP contribution in [0.4, 0.5) is 0 Å². The topological polar surface area (TPSA) is 59.1 Å². The van der Waals surface area contributed by atoms with Crippen molar-refractivity contribution in [3.05, 3.63) is 35.9 Å². The van der Waals surface area contributed by atoms with Gasteiger partial charge in [-0.1, -0.05) is 30.3 Å². The summed E-state index contributed by atoms with van der Waals surface area (Å²) in [7, 11) is 1.83. The average Bonchev–Trinajstić information content (AvgIpc) is 2.68. The maximum atomic E-state index is 13.3. The first-order valence-corrected chi connectivity index (χ1v) is 9.79. The van der Waals surface area contributed by atoms with E-state index >= 15 is 0 Å². The second-order valence-electron chi connectivity index (χ2n) is 7.76. The Hall–Kier alpha value is -1.92. The van der Waals surface area contributed by atoms with Crippen molar-refractivity contribution >= 4 is 11.8 Å². The van der Waals surface area contributed by atoms with E-state index in [1.807, 2.05) is 51.2 Å². The molecule has 0 radical (unpaired) electrons. The number of carbonyl (C=O) groups is 2. The smallest absolute Gasteiger partial charge is 0.253 e. The molecular formula is C21H30N2O4. The summed E-state index contributed by atoms with van der Waals surface area (Å²) in [5.74, 6) is 0.317. The molecule has 0 N–H and O–H groups in total. The van der Waals surface area contributed by atoms with Gasteiger partial charge in [-0.05, 0) is 38.2 Å². The van der Waals surface area contributed by atoms with Gasteiger partial charge in [-0.25, -0.2) is 0 Å². The molecule has 3 rings (SSSR count). The van der Waals surface area contributed by atoms with Gasteiger partial charge in [0.1, 0.15) is 6.61 Å². The van der Waals surface area contributed by atoms with Crippen LogP contribution in [0, 0.1) is 5.92 Å². The lowest BCUT2D eigenvalue weighted by Crippen LogP contribution is -2.56.